The van der Waals surface area contributed by atoms with Gasteiger partial charge in [0.05, 0.1) is 11.4 Å². The summed E-state index contributed by atoms with van der Waals surface area (Å²) in [6.45, 7) is 4.59. The fourth-order valence-electron chi connectivity index (χ4n) is 7.82. The highest BCUT2D eigenvalue weighted by Crippen LogP contribution is 2.41. The van der Waals surface area contributed by atoms with Crippen LogP contribution in [0.15, 0.2) is 60.9 Å². The van der Waals surface area contributed by atoms with Crippen molar-refractivity contribution in [2.75, 3.05) is 31.9 Å². The molecule has 2 bridgehead atoms. The monoisotopic (exact) mass is 550 g/mol. The molecule has 0 amide bonds. The first kappa shape index (κ1) is 25.2. The Morgan fingerprint density at radius 3 is 2.15 bits per heavy atom. The summed E-state index contributed by atoms with van der Waals surface area (Å²) >= 11 is 0. The van der Waals surface area contributed by atoms with Gasteiger partial charge in [0.25, 0.3) is 0 Å². The van der Waals surface area contributed by atoms with Crippen LogP contribution in [0.1, 0.15) is 44.6 Å². The summed E-state index contributed by atoms with van der Waals surface area (Å²) in [7, 11) is 0. The van der Waals surface area contributed by atoms with Crippen LogP contribution in [0, 0.1) is 0 Å². The Bertz CT molecular complexity index is 1500. The van der Waals surface area contributed by atoms with Crippen LogP contribution in [-0.2, 0) is 0 Å². The van der Waals surface area contributed by atoms with Gasteiger partial charge in [0.2, 0.25) is 0 Å². The first-order valence-electron chi connectivity index (χ1n) is 15.3. The fraction of sp³-hybridized carbons (Fsp3) is 0.469. The Kier molecular flexibility index (Phi) is 6.38. The summed E-state index contributed by atoms with van der Waals surface area (Å²) in [6, 6.07) is 21.2. The van der Waals surface area contributed by atoms with Crippen LogP contribution >= 0.6 is 0 Å². The van der Waals surface area contributed by atoms with Crippen LogP contribution in [0.2, 0.25) is 0 Å². The lowest BCUT2D eigenvalue weighted by Gasteiger charge is -2.50. The number of hydrogen-bond donors (Lipinski definition) is 2. The lowest BCUT2D eigenvalue weighted by molar-refractivity contribution is 0.00458. The number of rotatable bonds is 6. The highest BCUT2D eigenvalue weighted by atomic mass is 16.5. The topological polar surface area (TPSA) is 97.4 Å². The maximum absolute atomic E-state index is 6.42. The third-order valence-corrected chi connectivity index (χ3v) is 9.93. The molecule has 2 aromatic carbocycles. The van der Waals surface area contributed by atoms with E-state index in [4.69, 9.17) is 15.6 Å². The first-order chi connectivity index (χ1) is 20.2. The SMILES string of the molecule is Nc1ncnc2c1c(-c1ccc(Oc3ccccc3)cc1)nn2C1CCN(C2CC3CCC(C2)N3C2CNC2)CC1. The van der Waals surface area contributed by atoms with Crippen molar-refractivity contribution < 1.29 is 4.74 Å². The molecule has 2 unspecified atom stereocenters. The second-order valence-electron chi connectivity index (χ2n) is 12.2. The predicted molar refractivity (Wildman–Crippen MR) is 160 cm³/mol. The van der Waals surface area contributed by atoms with Gasteiger partial charge in [-0.2, -0.15) is 5.10 Å². The van der Waals surface area contributed by atoms with Gasteiger partial charge in [0, 0.05) is 55.9 Å². The third kappa shape index (κ3) is 4.56. The summed E-state index contributed by atoms with van der Waals surface area (Å²) in [4.78, 5) is 14.6. The highest BCUT2D eigenvalue weighted by Gasteiger charge is 2.46. The summed E-state index contributed by atoms with van der Waals surface area (Å²) in [5.41, 5.74) is 9.07. The molecule has 9 heteroatoms. The number of nitrogens with two attached hydrogens (primary N) is 1. The molecule has 8 rings (SSSR count). The molecule has 0 spiro atoms. The van der Waals surface area contributed by atoms with Gasteiger partial charge in [-0.15, -0.1) is 0 Å². The van der Waals surface area contributed by atoms with Gasteiger partial charge in [-0.1, -0.05) is 18.2 Å². The number of piperidine rings is 2. The number of anilines is 1. The van der Waals surface area contributed by atoms with Crippen LogP contribution in [0.3, 0.4) is 0 Å². The van der Waals surface area contributed by atoms with Crippen molar-refractivity contribution in [3.63, 3.8) is 0 Å². The molecule has 4 fully saturated rings. The lowest BCUT2D eigenvalue weighted by Crippen LogP contribution is -2.63. The number of benzene rings is 2. The summed E-state index contributed by atoms with van der Waals surface area (Å²) in [5, 5.41) is 9.45. The fourth-order valence-corrected chi connectivity index (χ4v) is 7.82. The second-order valence-corrected chi connectivity index (χ2v) is 12.2. The number of hydrogen-bond acceptors (Lipinski definition) is 8. The summed E-state index contributed by atoms with van der Waals surface area (Å²) < 4.78 is 8.13. The van der Waals surface area contributed by atoms with Crippen molar-refractivity contribution in [3.05, 3.63) is 60.9 Å². The van der Waals surface area contributed by atoms with E-state index in [0.717, 1.165) is 83.9 Å². The largest absolute Gasteiger partial charge is 0.457 e. The van der Waals surface area contributed by atoms with E-state index in [-0.39, 0.29) is 0 Å². The predicted octanol–water partition coefficient (Wildman–Crippen LogP) is 4.47. The van der Waals surface area contributed by atoms with Crippen molar-refractivity contribution in [2.24, 2.45) is 0 Å². The van der Waals surface area contributed by atoms with Gasteiger partial charge in [0.15, 0.2) is 5.65 Å². The quantitative estimate of drug-likeness (QED) is 0.363. The van der Waals surface area contributed by atoms with E-state index in [0.29, 0.717) is 11.9 Å². The molecule has 2 atom stereocenters. The molecule has 2 aromatic heterocycles. The molecule has 41 heavy (non-hydrogen) atoms. The minimum Gasteiger partial charge on any atom is -0.457 e. The van der Waals surface area contributed by atoms with Crippen LogP contribution in [0.4, 0.5) is 5.82 Å². The minimum atomic E-state index is 0.301. The second kappa shape index (κ2) is 10.4. The minimum absolute atomic E-state index is 0.301. The molecule has 212 valence electrons. The number of fused-ring (bicyclic) bond motifs is 3. The number of nitrogens with zero attached hydrogens (tertiary/aromatic N) is 6. The van der Waals surface area contributed by atoms with Crippen molar-refractivity contribution in [1.29, 1.82) is 0 Å². The van der Waals surface area contributed by atoms with Crippen molar-refractivity contribution >= 4 is 16.9 Å². The molecule has 0 aliphatic carbocycles. The summed E-state index contributed by atoms with van der Waals surface area (Å²) in [6.07, 6.45) is 9.15. The zero-order valence-corrected chi connectivity index (χ0v) is 23.4. The number of nitrogens with one attached hydrogen (secondary N) is 1. The molecular formula is C32H38N8O. The Labute approximate surface area is 240 Å². The molecule has 0 saturated carbocycles. The smallest absolute Gasteiger partial charge is 0.164 e. The Morgan fingerprint density at radius 2 is 1.46 bits per heavy atom. The average molecular weight is 551 g/mol. The number of ether oxygens (including phenoxy) is 1. The van der Waals surface area contributed by atoms with Crippen LogP contribution in [0.25, 0.3) is 22.3 Å². The van der Waals surface area contributed by atoms with Crippen LogP contribution < -0.4 is 15.8 Å². The van der Waals surface area contributed by atoms with Crippen molar-refractivity contribution in [3.8, 4) is 22.8 Å². The molecule has 4 aliphatic rings. The molecule has 0 radical (unpaired) electrons. The number of likely N-dealkylation sites (tertiary alicyclic amines) is 1. The Balaban J connectivity index is 0.993. The van der Waals surface area contributed by atoms with E-state index in [1.165, 1.54) is 38.8 Å². The van der Waals surface area contributed by atoms with Crippen molar-refractivity contribution in [2.45, 2.75) is 68.7 Å². The molecule has 4 saturated heterocycles. The molecule has 4 aliphatic heterocycles. The van der Waals surface area contributed by atoms with E-state index in [1.54, 1.807) is 6.33 Å². The maximum atomic E-state index is 6.42. The highest BCUT2D eigenvalue weighted by molar-refractivity contribution is 5.98. The molecule has 3 N–H and O–H groups in total. The number of aromatic nitrogens is 4. The van der Waals surface area contributed by atoms with E-state index in [9.17, 15) is 0 Å². The number of nitrogen functional groups attached to an aromatic ring is 1. The van der Waals surface area contributed by atoms with Gasteiger partial charge in [-0.25, -0.2) is 14.6 Å². The maximum Gasteiger partial charge on any atom is 0.164 e. The van der Waals surface area contributed by atoms with Crippen LogP contribution in [0.5, 0.6) is 11.5 Å². The third-order valence-electron chi connectivity index (χ3n) is 9.93. The molecular weight excluding hydrogens is 512 g/mol. The van der Waals surface area contributed by atoms with Gasteiger partial charge in [0.1, 0.15) is 29.3 Å². The Hall–Kier alpha value is -3.53. The Morgan fingerprint density at radius 1 is 0.756 bits per heavy atom. The van der Waals surface area contributed by atoms with E-state index in [2.05, 4.69) is 29.8 Å². The van der Waals surface area contributed by atoms with Gasteiger partial charge < -0.3 is 20.7 Å². The van der Waals surface area contributed by atoms with E-state index >= 15 is 0 Å². The van der Waals surface area contributed by atoms with E-state index < -0.39 is 0 Å². The lowest BCUT2D eigenvalue weighted by atomic mass is 9.91. The average Bonchev–Trinajstić information content (AvgIpc) is 3.48. The normalized spacial score (nSPS) is 25.9. The van der Waals surface area contributed by atoms with E-state index in [1.807, 2.05) is 54.6 Å². The van der Waals surface area contributed by atoms with Crippen LogP contribution in [-0.4, -0.2) is 79.9 Å². The number of para-hydroxylation sites is 1. The first-order valence-corrected chi connectivity index (χ1v) is 15.3. The standard InChI is InChI=1S/C32H38N8O/c33-31-29-30(21-6-10-28(11-7-21)41-27-4-2-1-3-5-27)37-40(32(29)36-20-35-31)22-12-14-38(15-13-22)25-16-23-8-9-24(17-25)39(23)26-18-34-19-26/h1-7,10-11,20,22-26,34H,8-9,12-19H2,(H2,33,35,36). The molecule has 9 nitrogen and oxygen atoms in total. The zero-order valence-electron chi connectivity index (χ0n) is 23.4. The van der Waals surface area contributed by atoms with Crippen molar-refractivity contribution in [1.82, 2.24) is 34.9 Å². The molecule has 6 heterocycles. The molecule has 4 aromatic rings. The zero-order chi connectivity index (χ0) is 27.3. The van der Waals surface area contributed by atoms with Gasteiger partial charge >= 0.3 is 0 Å². The van der Waals surface area contributed by atoms with Gasteiger partial charge in [-0.3, -0.25) is 4.90 Å². The summed E-state index contributed by atoms with van der Waals surface area (Å²) in [5.74, 6) is 2.07. The van der Waals surface area contributed by atoms with Gasteiger partial charge in [-0.05, 0) is 74.9 Å².